The van der Waals surface area contributed by atoms with E-state index in [-0.39, 0.29) is 0 Å². The van der Waals surface area contributed by atoms with Gasteiger partial charge in [-0.05, 0) is 55.4 Å². The third-order valence-electron chi connectivity index (χ3n) is 4.20. The molecular weight excluding hydrogens is 252 g/mol. The van der Waals surface area contributed by atoms with Gasteiger partial charge in [-0.15, -0.1) is 11.3 Å². The first kappa shape index (κ1) is 12.9. The van der Waals surface area contributed by atoms with E-state index in [0.717, 1.165) is 17.0 Å². The molecule has 0 saturated heterocycles. The number of hydrogen-bond acceptors (Lipinski definition) is 2. The molecule has 0 spiro atoms. The maximum absolute atomic E-state index is 10.5. The summed E-state index contributed by atoms with van der Waals surface area (Å²) < 4.78 is 0. The van der Waals surface area contributed by atoms with Gasteiger partial charge < -0.3 is 5.11 Å². The molecule has 0 radical (unpaired) electrons. The van der Waals surface area contributed by atoms with E-state index in [4.69, 9.17) is 0 Å². The Bertz CT molecular complexity index is 563. The lowest BCUT2D eigenvalue weighted by atomic mass is 9.80. The predicted molar refractivity (Wildman–Crippen MR) is 80.9 cm³/mol. The minimum atomic E-state index is -0.486. The number of rotatable bonds is 3. The molecule has 1 aromatic heterocycles. The molecule has 2 heteroatoms. The van der Waals surface area contributed by atoms with Crippen LogP contribution >= 0.6 is 11.3 Å². The van der Waals surface area contributed by atoms with E-state index in [1.54, 1.807) is 11.3 Å². The van der Waals surface area contributed by atoms with Crippen LogP contribution in [0.4, 0.5) is 0 Å². The van der Waals surface area contributed by atoms with Crippen molar-refractivity contribution >= 4 is 11.3 Å². The fraction of sp³-hybridized carbons (Fsp3) is 0.412. The molecule has 1 nitrogen and oxygen atoms in total. The van der Waals surface area contributed by atoms with Gasteiger partial charge in [0.15, 0.2) is 0 Å². The Morgan fingerprint density at radius 1 is 1.16 bits per heavy atom. The molecule has 1 atom stereocenters. The summed E-state index contributed by atoms with van der Waals surface area (Å²) >= 11 is 1.75. The molecule has 3 rings (SSSR count). The largest absolute Gasteiger partial charge is 0.384 e. The fourth-order valence-electron chi connectivity index (χ4n) is 2.79. The minimum absolute atomic E-state index is 0.486. The normalized spacial score (nSPS) is 17.2. The van der Waals surface area contributed by atoms with Gasteiger partial charge in [0.2, 0.25) is 0 Å². The molecule has 0 amide bonds. The van der Waals surface area contributed by atoms with E-state index in [9.17, 15) is 5.11 Å². The number of benzene rings is 1. The van der Waals surface area contributed by atoms with Crippen LogP contribution in [0.25, 0.3) is 0 Å². The number of hydrogen-bond donors (Lipinski definition) is 1. The summed E-state index contributed by atoms with van der Waals surface area (Å²) in [6.07, 6.45) is 3.53. The topological polar surface area (TPSA) is 20.2 Å². The maximum atomic E-state index is 10.5. The quantitative estimate of drug-likeness (QED) is 0.857. The lowest BCUT2D eigenvalue weighted by molar-refractivity contribution is 0.220. The third-order valence-corrected chi connectivity index (χ3v) is 5.18. The highest BCUT2D eigenvalue weighted by Crippen LogP contribution is 2.37. The molecule has 1 aromatic carbocycles. The zero-order chi connectivity index (χ0) is 13.4. The molecule has 1 aliphatic rings. The highest BCUT2D eigenvalue weighted by molar-refractivity contribution is 7.12. The van der Waals surface area contributed by atoms with E-state index in [1.165, 1.54) is 34.6 Å². The molecule has 0 bridgehead atoms. The minimum Gasteiger partial charge on any atom is -0.384 e. The van der Waals surface area contributed by atoms with Crippen LogP contribution in [0, 0.1) is 13.8 Å². The van der Waals surface area contributed by atoms with Gasteiger partial charge in [0.05, 0.1) is 0 Å². The Labute approximate surface area is 118 Å². The second-order valence-corrected chi connectivity index (χ2v) is 7.03. The zero-order valence-electron chi connectivity index (χ0n) is 11.5. The van der Waals surface area contributed by atoms with Gasteiger partial charge in [-0.25, -0.2) is 0 Å². The van der Waals surface area contributed by atoms with Crippen LogP contribution in [0.15, 0.2) is 30.3 Å². The molecule has 19 heavy (non-hydrogen) atoms. The van der Waals surface area contributed by atoms with Crippen molar-refractivity contribution in [2.45, 2.75) is 45.1 Å². The lowest BCUT2D eigenvalue weighted by Gasteiger charge is -2.26. The van der Waals surface area contributed by atoms with Crippen molar-refractivity contribution in [2.75, 3.05) is 0 Å². The molecule has 2 aromatic rings. The monoisotopic (exact) mass is 272 g/mol. The molecule has 1 heterocycles. The molecular formula is C17H20OS. The van der Waals surface area contributed by atoms with E-state index < -0.39 is 6.10 Å². The summed E-state index contributed by atoms with van der Waals surface area (Å²) in [5.41, 5.74) is 3.49. The summed E-state index contributed by atoms with van der Waals surface area (Å²) in [5.74, 6) is 0.760. The number of thiophene rings is 1. The first-order valence-corrected chi connectivity index (χ1v) is 7.81. The predicted octanol–water partition coefficient (Wildman–Crippen LogP) is 4.71. The summed E-state index contributed by atoms with van der Waals surface area (Å²) in [6.45, 7) is 4.17. The maximum Gasteiger partial charge on any atom is 0.105 e. The number of aliphatic hydroxyl groups is 1. The number of aliphatic hydroxyl groups excluding tert-OH is 1. The van der Waals surface area contributed by atoms with Crippen molar-refractivity contribution in [1.82, 2.24) is 0 Å². The van der Waals surface area contributed by atoms with E-state index >= 15 is 0 Å². The first-order valence-electron chi connectivity index (χ1n) is 7.00. The second-order valence-electron chi connectivity index (χ2n) is 5.57. The SMILES string of the molecule is Cc1cc(C(O)c2ccc(C3CCC3)cc2)c(C)s1. The zero-order valence-corrected chi connectivity index (χ0v) is 12.3. The van der Waals surface area contributed by atoms with Crippen molar-refractivity contribution in [1.29, 1.82) is 0 Å². The van der Waals surface area contributed by atoms with Crippen molar-refractivity contribution in [3.8, 4) is 0 Å². The van der Waals surface area contributed by atoms with Gasteiger partial charge in [-0.1, -0.05) is 30.7 Å². The Kier molecular flexibility index (Phi) is 3.46. The van der Waals surface area contributed by atoms with Crippen LogP contribution in [-0.2, 0) is 0 Å². The van der Waals surface area contributed by atoms with Gasteiger partial charge in [0.1, 0.15) is 6.10 Å². The van der Waals surface area contributed by atoms with Crippen LogP contribution in [0.2, 0.25) is 0 Å². The lowest BCUT2D eigenvalue weighted by Crippen LogP contribution is -2.09. The highest BCUT2D eigenvalue weighted by Gasteiger charge is 2.20. The smallest absolute Gasteiger partial charge is 0.105 e. The van der Waals surface area contributed by atoms with Crippen LogP contribution in [0.1, 0.15) is 57.7 Å². The van der Waals surface area contributed by atoms with Gasteiger partial charge in [0, 0.05) is 9.75 Å². The molecule has 100 valence electrons. The fourth-order valence-corrected chi connectivity index (χ4v) is 3.75. The van der Waals surface area contributed by atoms with Crippen LogP contribution in [0.5, 0.6) is 0 Å². The van der Waals surface area contributed by atoms with Gasteiger partial charge in [-0.3, -0.25) is 0 Å². The van der Waals surface area contributed by atoms with Crippen molar-refractivity contribution in [2.24, 2.45) is 0 Å². The Morgan fingerprint density at radius 2 is 1.84 bits per heavy atom. The standard InChI is InChI=1S/C17H20OS/c1-11-10-16(12(2)19-11)17(18)15-8-6-14(7-9-15)13-4-3-5-13/h6-10,13,17-18H,3-5H2,1-2H3. The molecule has 1 aliphatic carbocycles. The van der Waals surface area contributed by atoms with Crippen molar-refractivity contribution < 1.29 is 5.11 Å². The first-order chi connectivity index (χ1) is 9.15. The van der Waals surface area contributed by atoms with Crippen LogP contribution < -0.4 is 0 Å². The summed E-state index contributed by atoms with van der Waals surface area (Å²) in [4.78, 5) is 2.48. The van der Waals surface area contributed by atoms with Crippen molar-refractivity contribution in [3.63, 3.8) is 0 Å². The second kappa shape index (κ2) is 5.10. The van der Waals surface area contributed by atoms with Crippen LogP contribution in [0.3, 0.4) is 0 Å². The Morgan fingerprint density at radius 3 is 2.32 bits per heavy atom. The van der Waals surface area contributed by atoms with Gasteiger partial charge >= 0.3 is 0 Å². The third kappa shape index (κ3) is 2.47. The van der Waals surface area contributed by atoms with Gasteiger partial charge in [0.25, 0.3) is 0 Å². The Balaban J connectivity index is 1.83. The van der Waals surface area contributed by atoms with E-state index in [1.807, 2.05) is 0 Å². The molecule has 1 fully saturated rings. The summed E-state index contributed by atoms with van der Waals surface area (Å²) in [7, 11) is 0. The summed E-state index contributed by atoms with van der Waals surface area (Å²) in [6, 6.07) is 10.7. The molecule has 0 aliphatic heterocycles. The molecule has 1 N–H and O–H groups in total. The summed E-state index contributed by atoms with van der Waals surface area (Å²) in [5, 5.41) is 10.5. The molecule has 1 saturated carbocycles. The molecule has 1 unspecified atom stereocenters. The van der Waals surface area contributed by atoms with E-state index in [0.29, 0.717) is 0 Å². The average Bonchev–Trinajstić information content (AvgIpc) is 2.66. The van der Waals surface area contributed by atoms with Gasteiger partial charge in [-0.2, -0.15) is 0 Å². The average molecular weight is 272 g/mol. The van der Waals surface area contributed by atoms with E-state index in [2.05, 4.69) is 44.2 Å². The Hall–Kier alpha value is -1.12. The van der Waals surface area contributed by atoms with Crippen LogP contribution in [-0.4, -0.2) is 5.11 Å². The number of aryl methyl sites for hydroxylation is 2. The van der Waals surface area contributed by atoms with Crippen molar-refractivity contribution in [3.05, 3.63) is 56.8 Å². The highest BCUT2D eigenvalue weighted by atomic mass is 32.1.